The number of benzene rings is 2. The van der Waals surface area contributed by atoms with Gasteiger partial charge in [0.1, 0.15) is 0 Å². The standard InChI is InChI=1S/C18H18ClNO2/c1-3-12-20(2)18(22)14-10-8-13(9-11-14)17(21)15-6-4-5-7-16(15)19/h4-11H,3,12H2,1-2H3. The van der Waals surface area contributed by atoms with Gasteiger partial charge in [-0.1, -0.05) is 42.8 Å². The van der Waals surface area contributed by atoms with E-state index in [1.54, 1.807) is 60.5 Å². The molecule has 3 nitrogen and oxygen atoms in total. The van der Waals surface area contributed by atoms with Crippen molar-refractivity contribution in [1.29, 1.82) is 0 Å². The van der Waals surface area contributed by atoms with Crippen LogP contribution in [-0.2, 0) is 0 Å². The van der Waals surface area contributed by atoms with Crippen LogP contribution in [0.2, 0.25) is 5.02 Å². The predicted molar refractivity (Wildman–Crippen MR) is 88.6 cm³/mol. The molecule has 0 aromatic heterocycles. The average Bonchev–Trinajstić information content (AvgIpc) is 2.54. The van der Waals surface area contributed by atoms with Gasteiger partial charge in [0, 0.05) is 30.3 Å². The molecule has 0 aliphatic rings. The van der Waals surface area contributed by atoms with Gasteiger partial charge in [-0.25, -0.2) is 0 Å². The first-order valence-corrected chi connectivity index (χ1v) is 7.57. The van der Waals surface area contributed by atoms with Gasteiger partial charge in [0.25, 0.3) is 5.91 Å². The molecule has 2 aromatic rings. The van der Waals surface area contributed by atoms with Crippen molar-refractivity contribution in [3.63, 3.8) is 0 Å². The molecule has 0 aliphatic carbocycles. The Morgan fingerprint density at radius 2 is 1.59 bits per heavy atom. The molecule has 0 heterocycles. The van der Waals surface area contributed by atoms with E-state index in [0.29, 0.717) is 28.3 Å². The van der Waals surface area contributed by atoms with Crippen LogP contribution in [0, 0.1) is 0 Å². The second kappa shape index (κ2) is 7.23. The number of amides is 1. The minimum Gasteiger partial charge on any atom is -0.342 e. The molecule has 114 valence electrons. The molecule has 0 unspecified atom stereocenters. The van der Waals surface area contributed by atoms with Gasteiger partial charge in [-0.3, -0.25) is 9.59 Å². The zero-order valence-electron chi connectivity index (χ0n) is 12.7. The lowest BCUT2D eigenvalue weighted by atomic mass is 10.0. The van der Waals surface area contributed by atoms with Gasteiger partial charge in [0.05, 0.1) is 5.02 Å². The molecule has 0 N–H and O–H groups in total. The molecular weight excluding hydrogens is 298 g/mol. The number of hydrogen-bond acceptors (Lipinski definition) is 2. The molecule has 0 saturated heterocycles. The van der Waals surface area contributed by atoms with Crippen molar-refractivity contribution < 1.29 is 9.59 Å². The number of halogens is 1. The monoisotopic (exact) mass is 315 g/mol. The number of carbonyl (C=O) groups is 2. The van der Waals surface area contributed by atoms with Crippen molar-refractivity contribution in [3.05, 3.63) is 70.2 Å². The number of ketones is 1. The van der Waals surface area contributed by atoms with Gasteiger partial charge in [-0.05, 0) is 30.7 Å². The van der Waals surface area contributed by atoms with Crippen molar-refractivity contribution in [2.45, 2.75) is 13.3 Å². The van der Waals surface area contributed by atoms with E-state index in [0.717, 1.165) is 6.42 Å². The fraction of sp³-hybridized carbons (Fsp3) is 0.222. The summed E-state index contributed by atoms with van der Waals surface area (Å²) < 4.78 is 0. The van der Waals surface area contributed by atoms with E-state index in [2.05, 4.69) is 0 Å². The molecule has 0 fully saturated rings. The summed E-state index contributed by atoms with van der Waals surface area (Å²) in [5, 5.41) is 0.426. The third-order valence-electron chi connectivity index (χ3n) is 3.42. The van der Waals surface area contributed by atoms with Crippen LogP contribution in [0.1, 0.15) is 39.6 Å². The highest BCUT2D eigenvalue weighted by molar-refractivity contribution is 6.35. The van der Waals surface area contributed by atoms with Crippen LogP contribution >= 0.6 is 11.6 Å². The minimum absolute atomic E-state index is 0.0430. The minimum atomic E-state index is -0.147. The fourth-order valence-electron chi connectivity index (χ4n) is 2.22. The number of carbonyl (C=O) groups excluding carboxylic acids is 2. The summed E-state index contributed by atoms with van der Waals surface area (Å²) in [6.45, 7) is 2.73. The smallest absolute Gasteiger partial charge is 0.253 e. The Labute approximate surface area is 135 Å². The summed E-state index contributed by atoms with van der Waals surface area (Å²) in [5.74, 6) is -0.190. The van der Waals surface area contributed by atoms with E-state index in [-0.39, 0.29) is 11.7 Å². The zero-order valence-corrected chi connectivity index (χ0v) is 13.4. The van der Waals surface area contributed by atoms with Crippen molar-refractivity contribution in [1.82, 2.24) is 4.90 Å². The molecule has 1 amide bonds. The summed E-state index contributed by atoms with van der Waals surface area (Å²) in [7, 11) is 1.77. The largest absolute Gasteiger partial charge is 0.342 e. The molecule has 2 rings (SSSR count). The molecule has 0 saturated carbocycles. The summed E-state index contributed by atoms with van der Waals surface area (Å²) in [5.41, 5.74) is 1.56. The third kappa shape index (κ3) is 3.55. The molecule has 4 heteroatoms. The van der Waals surface area contributed by atoms with Crippen molar-refractivity contribution in [2.24, 2.45) is 0 Å². The van der Waals surface area contributed by atoms with E-state index < -0.39 is 0 Å². The van der Waals surface area contributed by atoms with Crippen molar-refractivity contribution in [3.8, 4) is 0 Å². The van der Waals surface area contributed by atoms with Crippen molar-refractivity contribution in [2.75, 3.05) is 13.6 Å². The molecule has 2 aromatic carbocycles. The highest BCUT2D eigenvalue weighted by Gasteiger charge is 2.14. The van der Waals surface area contributed by atoms with E-state index in [1.807, 2.05) is 6.92 Å². The maximum absolute atomic E-state index is 12.4. The second-order valence-electron chi connectivity index (χ2n) is 5.11. The molecule has 0 bridgehead atoms. The third-order valence-corrected chi connectivity index (χ3v) is 3.75. The summed E-state index contributed by atoms with van der Waals surface area (Å²) in [4.78, 5) is 26.2. The first kappa shape index (κ1) is 16.2. The lowest BCUT2D eigenvalue weighted by Gasteiger charge is -2.16. The van der Waals surface area contributed by atoms with Crippen LogP contribution in [0.25, 0.3) is 0 Å². The molecule has 0 atom stereocenters. The van der Waals surface area contributed by atoms with Crippen molar-refractivity contribution >= 4 is 23.3 Å². The Bertz CT molecular complexity index is 680. The average molecular weight is 316 g/mol. The van der Waals surface area contributed by atoms with Gasteiger partial charge >= 0.3 is 0 Å². The lowest BCUT2D eigenvalue weighted by molar-refractivity contribution is 0.0794. The number of rotatable bonds is 5. The fourth-order valence-corrected chi connectivity index (χ4v) is 2.44. The highest BCUT2D eigenvalue weighted by Crippen LogP contribution is 2.19. The SMILES string of the molecule is CCCN(C)C(=O)c1ccc(C(=O)c2ccccc2Cl)cc1. The van der Waals surface area contributed by atoms with Gasteiger partial charge in [0.15, 0.2) is 5.78 Å². The maximum Gasteiger partial charge on any atom is 0.253 e. The Balaban J connectivity index is 2.20. The Kier molecular flexibility index (Phi) is 5.34. The topological polar surface area (TPSA) is 37.4 Å². The molecule has 22 heavy (non-hydrogen) atoms. The van der Waals surface area contributed by atoms with Crippen LogP contribution < -0.4 is 0 Å². The van der Waals surface area contributed by atoms with Gasteiger partial charge in [0.2, 0.25) is 0 Å². The van der Waals surface area contributed by atoms with E-state index in [9.17, 15) is 9.59 Å². The molecular formula is C18H18ClNO2. The van der Waals surface area contributed by atoms with Crippen LogP contribution in [0.5, 0.6) is 0 Å². The number of nitrogens with zero attached hydrogens (tertiary/aromatic N) is 1. The Hall–Kier alpha value is -2.13. The number of hydrogen-bond donors (Lipinski definition) is 0. The first-order chi connectivity index (χ1) is 10.5. The first-order valence-electron chi connectivity index (χ1n) is 7.19. The normalized spacial score (nSPS) is 10.3. The molecule has 0 radical (unpaired) electrons. The molecule has 0 aliphatic heterocycles. The summed E-state index contributed by atoms with van der Waals surface area (Å²) >= 11 is 6.05. The van der Waals surface area contributed by atoms with Crippen LogP contribution in [0.4, 0.5) is 0 Å². The van der Waals surface area contributed by atoms with Crippen LogP contribution in [0.15, 0.2) is 48.5 Å². The Morgan fingerprint density at radius 1 is 1.00 bits per heavy atom. The van der Waals surface area contributed by atoms with E-state index in [4.69, 9.17) is 11.6 Å². The quantitative estimate of drug-likeness (QED) is 0.780. The van der Waals surface area contributed by atoms with Gasteiger partial charge in [-0.2, -0.15) is 0 Å². The Morgan fingerprint density at radius 3 is 2.18 bits per heavy atom. The van der Waals surface area contributed by atoms with Crippen LogP contribution in [0.3, 0.4) is 0 Å². The second-order valence-corrected chi connectivity index (χ2v) is 5.52. The zero-order chi connectivity index (χ0) is 16.1. The molecule has 0 spiro atoms. The maximum atomic E-state index is 12.4. The lowest BCUT2D eigenvalue weighted by Crippen LogP contribution is -2.27. The predicted octanol–water partition coefficient (Wildman–Crippen LogP) is 4.05. The van der Waals surface area contributed by atoms with E-state index in [1.165, 1.54) is 0 Å². The van der Waals surface area contributed by atoms with Crippen LogP contribution in [-0.4, -0.2) is 30.2 Å². The highest BCUT2D eigenvalue weighted by atomic mass is 35.5. The summed E-state index contributed by atoms with van der Waals surface area (Å²) in [6, 6.07) is 13.6. The van der Waals surface area contributed by atoms with Gasteiger partial charge in [-0.15, -0.1) is 0 Å². The van der Waals surface area contributed by atoms with E-state index >= 15 is 0 Å². The van der Waals surface area contributed by atoms with Gasteiger partial charge < -0.3 is 4.90 Å². The summed E-state index contributed by atoms with van der Waals surface area (Å²) in [6.07, 6.45) is 0.908.